The number of aromatic nitrogens is 1. The van der Waals surface area contributed by atoms with Gasteiger partial charge in [-0.15, -0.1) is 0 Å². The lowest BCUT2D eigenvalue weighted by Crippen LogP contribution is -2.46. The summed E-state index contributed by atoms with van der Waals surface area (Å²) in [4.78, 5) is 46.5. The number of carbonyl (C=O) groups excluding carboxylic acids is 3. The molecule has 3 aromatic rings. The van der Waals surface area contributed by atoms with E-state index in [2.05, 4.69) is 10.3 Å². The van der Waals surface area contributed by atoms with E-state index < -0.39 is 11.6 Å². The van der Waals surface area contributed by atoms with Crippen molar-refractivity contribution >= 4 is 17.9 Å². The Morgan fingerprint density at radius 2 is 1.66 bits per heavy atom. The van der Waals surface area contributed by atoms with E-state index in [-0.39, 0.29) is 25.0 Å². The summed E-state index contributed by atoms with van der Waals surface area (Å²) in [5.74, 6) is -0.698. The van der Waals surface area contributed by atoms with Gasteiger partial charge in [-0.2, -0.15) is 0 Å². The summed E-state index contributed by atoms with van der Waals surface area (Å²) in [5, 5.41) is 2.96. The van der Waals surface area contributed by atoms with Crippen molar-refractivity contribution in [3.8, 4) is 0 Å². The molecule has 1 aromatic heterocycles. The molecule has 1 saturated heterocycles. The van der Waals surface area contributed by atoms with Gasteiger partial charge in [0.25, 0.3) is 5.91 Å². The van der Waals surface area contributed by atoms with E-state index in [0.29, 0.717) is 30.8 Å². The topological polar surface area (TPSA) is 91.8 Å². The molecule has 1 N–H and O–H groups in total. The molecule has 1 aliphatic rings. The molecule has 0 saturated carbocycles. The first kappa shape index (κ1) is 24.1. The minimum absolute atomic E-state index is 0.0143. The summed E-state index contributed by atoms with van der Waals surface area (Å²) in [6.45, 7) is 2.79. The van der Waals surface area contributed by atoms with E-state index in [1.54, 1.807) is 19.3 Å². The lowest BCUT2D eigenvalue weighted by Gasteiger charge is -2.29. The van der Waals surface area contributed by atoms with Crippen molar-refractivity contribution in [1.82, 2.24) is 20.1 Å². The molecule has 0 atom stereocenters. The summed E-state index contributed by atoms with van der Waals surface area (Å²) in [7, 11) is 0. The summed E-state index contributed by atoms with van der Waals surface area (Å²) in [5.41, 5.74) is 0.927. The number of ether oxygens (including phenoxy) is 1. The van der Waals surface area contributed by atoms with Crippen molar-refractivity contribution in [3.05, 3.63) is 102 Å². The summed E-state index contributed by atoms with van der Waals surface area (Å²) < 4.78 is 5.07. The zero-order valence-electron chi connectivity index (χ0n) is 19.6. The first-order valence-corrected chi connectivity index (χ1v) is 11.6. The van der Waals surface area contributed by atoms with E-state index in [0.717, 1.165) is 5.56 Å². The van der Waals surface area contributed by atoms with Crippen molar-refractivity contribution in [2.45, 2.75) is 25.4 Å². The third kappa shape index (κ3) is 5.22. The number of amides is 3. The second-order valence-corrected chi connectivity index (χ2v) is 8.26. The summed E-state index contributed by atoms with van der Waals surface area (Å²) in [6, 6.07) is 21.7. The van der Waals surface area contributed by atoms with Gasteiger partial charge in [0.2, 0.25) is 0 Å². The summed E-state index contributed by atoms with van der Waals surface area (Å²) in [6.07, 6.45) is 3.54. The number of nitrogens with zero attached hydrogens (tertiary/aromatic N) is 3. The first-order chi connectivity index (χ1) is 17.0. The Hall–Kier alpha value is -4.04. The molecule has 0 aliphatic carbocycles. The zero-order valence-corrected chi connectivity index (χ0v) is 19.6. The van der Waals surface area contributed by atoms with E-state index in [4.69, 9.17) is 4.74 Å². The minimum atomic E-state index is -1.33. The summed E-state index contributed by atoms with van der Waals surface area (Å²) >= 11 is 0. The maximum Gasteiger partial charge on any atom is 0.326 e. The highest BCUT2D eigenvalue weighted by molar-refractivity contribution is 6.09. The van der Waals surface area contributed by atoms with Crippen molar-refractivity contribution < 1.29 is 19.1 Å². The number of nitrogens with one attached hydrogen (secondary N) is 1. The van der Waals surface area contributed by atoms with Crippen LogP contribution in [0.4, 0.5) is 4.79 Å². The van der Waals surface area contributed by atoms with Gasteiger partial charge in [-0.3, -0.25) is 19.5 Å². The van der Waals surface area contributed by atoms with Gasteiger partial charge in [0.15, 0.2) is 5.54 Å². The van der Waals surface area contributed by atoms with Gasteiger partial charge in [0.1, 0.15) is 0 Å². The molecule has 1 fully saturated rings. The van der Waals surface area contributed by atoms with E-state index in [9.17, 15) is 14.4 Å². The molecule has 8 heteroatoms. The highest BCUT2D eigenvalue weighted by Crippen LogP contribution is 2.36. The van der Waals surface area contributed by atoms with Gasteiger partial charge in [0.05, 0.1) is 19.7 Å². The van der Waals surface area contributed by atoms with Crippen LogP contribution in [0, 0.1) is 0 Å². The highest BCUT2D eigenvalue weighted by atomic mass is 16.5. The Bertz CT molecular complexity index is 1120. The smallest absolute Gasteiger partial charge is 0.326 e. The molecule has 35 heavy (non-hydrogen) atoms. The van der Waals surface area contributed by atoms with Gasteiger partial charge in [-0.05, 0) is 29.7 Å². The quantitative estimate of drug-likeness (QED) is 0.360. The SMILES string of the molecule is CCOC(=O)CCN(Cc1cccnc1)CN1C(=O)NC(c2ccccc2)(c2ccccc2)C1=O. The number of pyridine rings is 1. The lowest BCUT2D eigenvalue weighted by molar-refractivity contribution is -0.143. The van der Waals surface area contributed by atoms with Crippen LogP contribution >= 0.6 is 0 Å². The van der Waals surface area contributed by atoms with Gasteiger partial charge >= 0.3 is 12.0 Å². The lowest BCUT2D eigenvalue weighted by atomic mass is 9.83. The first-order valence-electron chi connectivity index (χ1n) is 11.6. The van der Waals surface area contributed by atoms with E-state index in [1.165, 1.54) is 4.90 Å². The molecule has 0 bridgehead atoms. The molecule has 3 amide bonds. The van der Waals surface area contributed by atoms with Crippen molar-refractivity contribution in [2.24, 2.45) is 0 Å². The average Bonchev–Trinajstić information content (AvgIpc) is 3.15. The predicted molar refractivity (Wildman–Crippen MR) is 130 cm³/mol. The Balaban J connectivity index is 1.63. The molecule has 0 radical (unpaired) electrons. The van der Waals surface area contributed by atoms with Gasteiger partial charge in [0, 0.05) is 25.5 Å². The van der Waals surface area contributed by atoms with Crippen LogP contribution in [0.25, 0.3) is 0 Å². The van der Waals surface area contributed by atoms with E-state index >= 15 is 0 Å². The normalized spacial score (nSPS) is 14.7. The highest BCUT2D eigenvalue weighted by Gasteiger charge is 2.53. The largest absolute Gasteiger partial charge is 0.466 e. The number of urea groups is 1. The van der Waals surface area contributed by atoms with Crippen LogP contribution < -0.4 is 5.32 Å². The van der Waals surface area contributed by atoms with E-state index in [1.807, 2.05) is 77.7 Å². The maximum atomic E-state index is 14.0. The van der Waals surface area contributed by atoms with Crippen molar-refractivity contribution in [3.63, 3.8) is 0 Å². The third-order valence-electron chi connectivity index (χ3n) is 5.93. The fourth-order valence-corrected chi connectivity index (χ4v) is 4.27. The number of imide groups is 1. The molecule has 1 aliphatic heterocycles. The molecule has 0 unspecified atom stereocenters. The standard InChI is InChI=1S/C27H28N4O4/c1-2-35-24(32)15-17-30(19-21-10-9-16-28-18-21)20-31-25(33)27(29-26(31)34,22-11-5-3-6-12-22)23-13-7-4-8-14-23/h3-14,16,18H,2,15,17,19-20H2,1H3,(H,29,34). The second kappa shape index (κ2) is 10.9. The zero-order chi connectivity index (χ0) is 24.7. The van der Waals surface area contributed by atoms with Crippen LogP contribution in [-0.2, 0) is 26.4 Å². The number of hydrogen-bond donors (Lipinski definition) is 1. The Morgan fingerprint density at radius 1 is 1.00 bits per heavy atom. The predicted octanol–water partition coefficient (Wildman–Crippen LogP) is 3.29. The van der Waals surface area contributed by atoms with Crippen LogP contribution in [-0.4, -0.2) is 52.5 Å². The minimum Gasteiger partial charge on any atom is -0.466 e. The molecular formula is C27H28N4O4. The fourth-order valence-electron chi connectivity index (χ4n) is 4.27. The Morgan fingerprint density at radius 3 is 2.23 bits per heavy atom. The van der Waals surface area contributed by atoms with Crippen LogP contribution in [0.5, 0.6) is 0 Å². The van der Waals surface area contributed by atoms with Crippen LogP contribution in [0.3, 0.4) is 0 Å². The number of benzene rings is 2. The molecular weight excluding hydrogens is 444 g/mol. The number of hydrogen-bond acceptors (Lipinski definition) is 6. The molecule has 2 heterocycles. The van der Waals surface area contributed by atoms with Crippen LogP contribution in [0.2, 0.25) is 0 Å². The number of esters is 1. The third-order valence-corrected chi connectivity index (χ3v) is 5.93. The van der Waals surface area contributed by atoms with Gasteiger partial charge < -0.3 is 10.1 Å². The molecule has 0 spiro atoms. The van der Waals surface area contributed by atoms with Gasteiger partial charge in [-0.1, -0.05) is 66.7 Å². The average molecular weight is 473 g/mol. The van der Waals surface area contributed by atoms with Gasteiger partial charge in [-0.25, -0.2) is 9.69 Å². The monoisotopic (exact) mass is 472 g/mol. The molecule has 8 nitrogen and oxygen atoms in total. The Labute approximate surface area is 204 Å². The fraction of sp³-hybridized carbons (Fsp3) is 0.259. The maximum absolute atomic E-state index is 14.0. The Kier molecular flexibility index (Phi) is 7.52. The molecule has 180 valence electrons. The number of rotatable bonds is 10. The second-order valence-electron chi connectivity index (χ2n) is 8.26. The van der Waals surface area contributed by atoms with Crippen molar-refractivity contribution in [2.75, 3.05) is 19.8 Å². The van der Waals surface area contributed by atoms with Crippen LogP contribution in [0.1, 0.15) is 30.0 Å². The molecule has 4 rings (SSSR count). The molecule has 2 aromatic carbocycles. The number of carbonyl (C=O) groups is 3. The van der Waals surface area contributed by atoms with Crippen molar-refractivity contribution in [1.29, 1.82) is 0 Å². The van der Waals surface area contributed by atoms with Crippen LogP contribution in [0.15, 0.2) is 85.2 Å².